The molecular weight excluding hydrogens is 456 g/mol. The minimum atomic E-state index is -0.187. The van der Waals surface area contributed by atoms with Crippen LogP contribution in [0.1, 0.15) is 37.3 Å². The minimum absolute atomic E-state index is 0.187. The standard InChI is InChI=1S/C29H36N2O5/c1-20(2)19-35-29(32)31-15-13-23(18-31)17-22-5-9-26(10-6-22)34-16-14-27-21(3)36-28(30-27)24-7-11-25(33-4)12-8-24/h5-12,20,23H,13-19H2,1-4H3/t23-/m1/s1. The summed E-state index contributed by atoms with van der Waals surface area (Å²) in [6.45, 7) is 8.53. The number of aromatic nitrogens is 1. The van der Waals surface area contributed by atoms with E-state index in [1.165, 1.54) is 5.56 Å². The van der Waals surface area contributed by atoms with Gasteiger partial charge in [-0.2, -0.15) is 0 Å². The Morgan fingerprint density at radius 2 is 1.83 bits per heavy atom. The fourth-order valence-electron chi connectivity index (χ4n) is 4.33. The molecule has 0 bridgehead atoms. The Bertz CT molecular complexity index is 1120. The summed E-state index contributed by atoms with van der Waals surface area (Å²) in [4.78, 5) is 18.7. The SMILES string of the molecule is COc1ccc(-c2nc(CCOc3ccc(C[C@H]4CCN(C(=O)OCC(C)C)C4)cc3)c(C)o2)cc1. The van der Waals surface area contributed by atoms with Gasteiger partial charge >= 0.3 is 6.09 Å². The van der Waals surface area contributed by atoms with E-state index >= 15 is 0 Å². The van der Waals surface area contributed by atoms with Crippen molar-refractivity contribution >= 4 is 6.09 Å². The molecule has 4 rings (SSSR count). The predicted octanol–water partition coefficient (Wildman–Crippen LogP) is 5.94. The van der Waals surface area contributed by atoms with Gasteiger partial charge in [-0.3, -0.25) is 0 Å². The molecule has 2 aromatic carbocycles. The Morgan fingerprint density at radius 3 is 2.53 bits per heavy atom. The van der Waals surface area contributed by atoms with Gasteiger partial charge in [0.25, 0.3) is 0 Å². The largest absolute Gasteiger partial charge is 0.497 e. The van der Waals surface area contributed by atoms with Gasteiger partial charge in [0.1, 0.15) is 17.3 Å². The second-order valence-electron chi connectivity index (χ2n) is 9.77. The third kappa shape index (κ3) is 6.80. The van der Waals surface area contributed by atoms with Crippen molar-refractivity contribution < 1.29 is 23.4 Å². The van der Waals surface area contributed by atoms with Gasteiger partial charge in [-0.15, -0.1) is 0 Å². The molecule has 0 aliphatic carbocycles. The highest BCUT2D eigenvalue weighted by atomic mass is 16.6. The molecule has 1 saturated heterocycles. The summed E-state index contributed by atoms with van der Waals surface area (Å²) in [7, 11) is 1.65. The van der Waals surface area contributed by atoms with E-state index in [0.717, 1.165) is 54.4 Å². The number of hydrogen-bond acceptors (Lipinski definition) is 6. The van der Waals surface area contributed by atoms with Crippen LogP contribution < -0.4 is 9.47 Å². The summed E-state index contributed by atoms with van der Waals surface area (Å²) in [5.74, 6) is 3.85. The number of carbonyl (C=O) groups is 1. The van der Waals surface area contributed by atoms with Gasteiger partial charge in [0.2, 0.25) is 5.89 Å². The average molecular weight is 493 g/mol. The minimum Gasteiger partial charge on any atom is -0.497 e. The molecule has 7 heteroatoms. The van der Waals surface area contributed by atoms with Crippen molar-refractivity contribution in [1.29, 1.82) is 0 Å². The zero-order chi connectivity index (χ0) is 25.5. The van der Waals surface area contributed by atoms with Crippen molar-refractivity contribution in [2.45, 2.75) is 40.0 Å². The predicted molar refractivity (Wildman–Crippen MR) is 138 cm³/mol. The molecule has 1 atom stereocenters. The van der Waals surface area contributed by atoms with Gasteiger partial charge in [0.05, 0.1) is 26.0 Å². The molecule has 1 amide bonds. The quantitative estimate of drug-likeness (QED) is 0.349. The Morgan fingerprint density at radius 1 is 1.11 bits per heavy atom. The lowest BCUT2D eigenvalue weighted by molar-refractivity contribution is 0.0984. The van der Waals surface area contributed by atoms with E-state index in [4.69, 9.17) is 18.6 Å². The number of rotatable bonds is 10. The molecule has 3 aromatic rings. The van der Waals surface area contributed by atoms with Crippen molar-refractivity contribution in [3.05, 3.63) is 65.5 Å². The molecule has 0 spiro atoms. The lowest BCUT2D eigenvalue weighted by Crippen LogP contribution is -2.30. The maximum Gasteiger partial charge on any atom is 0.409 e. The van der Waals surface area contributed by atoms with Gasteiger partial charge in [0.15, 0.2) is 0 Å². The molecule has 0 radical (unpaired) electrons. The number of amides is 1. The Balaban J connectivity index is 1.22. The molecule has 0 N–H and O–H groups in total. The summed E-state index contributed by atoms with van der Waals surface area (Å²) in [5, 5.41) is 0. The van der Waals surface area contributed by atoms with Crippen LogP contribution in [-0.4, -0.2) is 49.4 Å². The lowest BCUT2D eigenvalue weighted by atomic mass is 9.99. The first-order valence-electron chi connectivity index (χ1n) is 12.7. The van der Waals surface area contributed by atoms with E-state index in [-0.39, 0.29) is 6.09 Å². The number of nitrogens with zero attached hydrogens (tertiary/aromatic N) is 2. The molecule has 1 fully saturated rings. The van der Waals surface area contributed by atoms with Gasteiger partial charge < -0.3 is 23.5 Å². The monoisotopic (exact) mass is 492 g/mol. The molecule has 1 aromatic heterocycles. The lowest BCUT2D eigenvalue weighted by Gasteiger charge is -2.17. The maximum atomic E-state index is 12.2. The van der Waals surface area contributed by atoms with E-state index < -0.39 is 0 Å². The van der Waals surface area contributed by atoms with Crippen LogP contribution in [0.2, 0.25) is 0 Å². The topological polar surface area (TPSA) is 74.0 Å². The smallest absolute Gasteiger partial charge is 0.409 e. The van der Waals surface area contributed by atoms with Gasteiger partial charge in [0, 0.05) is 25.1 Å². The van der Waals surface area contributed by atoms with Gasteiger partial charge in [-0.25, -0.2) is 9.78 Å². The van der Waals surface area contributed by atoms with Crippen molar-refractivity contribution in [2.24, 2.45) is 11.8 Å². The molecule has 192 valence electrons. The van der Waals surface area contributed by atoms with Crippen molar-refractivity contribution in [1.82, 2.24) is 9.88 Å². The number of aryl methyl sites for hydroxylation is 1. The Kier molecular flexibility index (Phi) is 8.52. The Hall–Kier alpha value is -3.48. The van der Waals surface area contributed by atoms with Crippen molar-refractivity contribution in [3.8, 4) is 23.0 Å². The highest BCUT2D eigenvalue weighted by molar-refractivity contribution is 5.68. The number of likely N-dealkylation sites (tertiary alicyclic amines) is 1. The van der Waals surface area contributed by atoms with Crippen LogP contribution >= 0.6 is 0 Å². The summed E-state index contributed by atoms with van der Waals surface area (Å²) in [6, 6.07) is 15.9. The molecular formula is C29H36N2O5. The van der Waals surface area contributed by atoms with E-state index in [1.807, 2.05) is 62.1 Å². The van der Waals surface area contributed by atoms with Crippen LogP contribution in [0.25, 0.3) is 11.5 Å². The van der Waals surface area contributed by atoms with Crippen LogP contribution in [0.4, 0.5) is 4.79 Å². The highest BCUT2D eigenvalue weighted by Gasteiger charge is 2.27. The van der Waals surface area contributed by atoms with E-state index in [2.05, 4.69) is 17.1 Å². The van der Waals surface area contributed by atoms with Crippen molar-refractivity contribution in [3.63, 3.8) is 0 Å². The number of benzene rings is 2. The fraction of sp³-hybridized carbons (Fsp3) is 0.448. The first kappa shape index (κ1) is 25.6. The molecule has 1 aliphatic rings. The zero-order valence-electron chi connectivity index (χ0n) is 21.7. The van der Waals surface area contributed by atoms with Crippen LogP contribution in [-0.2, 0) is 17.6 Å². The number of oxazole rings is 1. The Labute approximate surface area is 213 Å². The highest BCUT2D eigenvalue weighted by Crippen LogP contribution is 2.25. The number of ether oxygens (including phenoxy) is 3. The van der Waals surface area contributed by atoms with E-state index in [1.54, 1.807) is 7.11 Å². The molecule has 0 saturated carbocycles. The molecule has 2 heterocycles. The zero-order valence-corrected chi connectivity index (χ0v) is 21.7. The molecule has 36 heavy (non-hydrogen) atoms. The first-order chi connectivity index (χ1) is 17.4. The number of carbonyl (C=O) groups excluding carboxylic acids is 1. The number of hydrogen-bond donors (Lipinski definition) is 0. The van der Waals surface area contributed by atoms with Crippen molar-refractivity contribution in [2.75, 3.05) is 33.4 Å². The molecule has 7 nitrogen and oxygen atoms in total. The van der Waals surface area contributed by atoms with E-state index in [0.29, 0.717) is 37.4 Å². The maximum absolute atomic E-state index is 12.2. The van der Waals surface area contributed by atoms with Crippen LogP contribution in [0.3, 0.4) is 0 Å². The van der Waals surface area contributed by atoms with Crippen LogP contribution in [0.15, 0.2) is 52.9 Å². The number of methoxy groups -OCH3 is 1. The van der Waals surface area contributed by atoms with Crippen LogP contribution in [0, 0.1) is 18.8 Å². The summed E-state index contributed by atoms with van der Waals surface area (Å²) in [6.07, 6.45) is 2.43. The molecule has 0 unspecified atom stereocenters. The second-order valence-corrected chi connectivity index (χ2v) is 9.77. The fourth-order valence-corrected chi connectivity index (χ4v) is 4.33. The molecule has 1 aliphatic heterocycles. The third-order valence-corrected chi connectivity index (χ3v) is 6.37. The third-order valence-electron chi connectivity index (χ3n) is 6.37. The first-order valence-corrected chi connectivity index (χ1v) is 12.7. The van der Waals surface area contributed by atoms with E-state index in [9.17, 15) is 4.79 Å². The second kappa shape index (κ2) is 12.0. The van der Waals surface area contributed by atoms with Crippen LogP contribution in [0.5, 0.6) is 11.5 Å². The normalized spacial score (nSPS) is 15.4. The summed E-state index contributed by atoms with van der Waals surface area (Å²) < 4.78 is 22.4. The summed E-state index contributed by atoms with van der Waals surface area (Å²) >= 11 is 0. The average Bonchev–Trinajstić information content (AvgIpc) is 3.50. The van der Waals surface area contributed by atoms with Gasteiger partial charge in [-0.05, 0) is 73.6 Å². The van der Waals surface area contributed by atoms with Gasteiger partial charge in [-0.1, -0.05) is 26.0 Å². The summed E-state index contributed by atoms with van der Waals surface area (Å²) in [5.41, 5.74) is 3.07.